The monoisotopic (exact) mass is 490 g/mol. The molecule has 0 bridgehead atoms. The van der Waals surface area contributed by atoms with E-state index >= 15 is 0 Å². The van der Waals surface area contributed by atoms with Gasteiger partial charge >= 0.3 is 0 Å². The van der Waals surface area contributed by atoms with E-state index < -0.39 is 21.8 Å². The first-order chi connectivity index (χ1) is 16.8. The van der Waals surface area contributed by atoms with Crippen molar-refractivity contribution in [2.24, 2.45) is 0 Å². The maximum absolute atomic E-state index is 13.0. The first-order valence-corrected chi connectivity index (χ1v) is 12.8. The fourth-order valence-corrected chi connectivity index (χ4v) is 4.84. The van der Waals surface area contributed by atoms with Crippen molar-refractivity contribution in [2.45, 2.75) is 17.6 Å². The highest BCUT2D eigenvalue weighted by Gasteiger charge is 2.33. The molecule has 1 saturated heterocycles. The Hall–Kier alpha value is -4.18. The van der Waals surface area contributed by atoms with E-state index in [1.807, 2.05) is 30.3 Å². The lowest BCUT2D eigenvalue weighted by molar-refractivity contribution is -0.117. The van der Waals surface area contributed by atoms with Gasteiger partial charge in [-0.2, -0.15) is 0 Å². The number of ether oxygens (including phenoxy) is 1. The van der Waals surface area contributed by atoms with Gasteiger partial charge in [0.25, 0.3) is 5.91 Å². The molecule has 1 aliphatic rings. The number of benzene rings is 2. The summed E-state index contributed by atoms with van der Waals surface area (Å²) in [6.45, 7) is 0.286. The summed E-state index contributed by atoms with van der Waals surface area (Å²) < 4.78 is 31.4. The van der Waals surface area contributed by atoms with Gasteiger partial charge in [-0.05, 0) is 48.5 Å². The Morgan fingerprint density at radius 3 is 2.40 bits per heavy atom. The Kier molecular flexibility index (Phi) is 5.73. The van der Waals surface area contributed by atoms with Crippen molar-refractivity contribution < 1.29 is 22.7 Å². The molecule has 178 valence electrons. The molecule has 3 heterocycles. The lowest BCUT2D eigenvalue weighted by atomic mass is 10.2. The number of aromatic nitrogens is 2. The minimum absolute atomic E-state index is 0.000613. The first kappa shape index (κ1) is 22.6. The maximum atomic E-state index is 13.0. The van der Waals surface area contributed by atoms with Crippen LogP contribution in [0.4, 0.5) is 5.69 Å². The molecule has 35 heavy (non-hydrogen) atoms. The second kappa shape index (κ2) is 8.88. The highest BCUT2D eigenvalue weighted by molar-refractivity contribution is 7.90. The SMILES string of the molecule is CS(=O)(=O)c1nc(C(=O)NC2CC(=O)N(c3ccc(Oc4ccccc4)cc3)C2)c2ccccn12. The Morgan fingerprint density at radius 2 is 1.69 bits per heavy atom. The lowest BCUT2D eigenvalue weighted by Crippen LogP contribution is -2.37. The molecule has 0 spiro atoms. The predicted molar refractivity (Wildman–Crippen MR) is 129 cm³/mol. The molecule has 5 rings (SSSR count). The van der Waals surface area contributed by atoms with Gasteiger partial charge in [-0.15, -0.1) is 0 Å². The summed E-state index contributed by atoms with van der Waals surface area (Å²) in [5.41, 5.74) is 1.07. The van der Waals surface area contributed by atoms with Crippen LogP contribution in [0.3, 0.4) is 0 Å². The van der Waals surface area contributed by atoms with E-state index in [4.69, 9.17) is 4.74 Å². The summed E-state index contributed by atoms with van der Waals surface area (Å²) in [5, 5.41) is 2.62. The van der Waals surface area contributed by atoms with Gasteiger partial charge < -0.3 is 15.0 Å². The highest BCUT2D eigenvalue weighted by atomic mass is 32.2. The maximum Gasteiger partial charge on any atom is 0.272 e. The van der Waals surface area contributed by atoms with Crippen LogP contribution in [0.25, 0.3) is 5.52 Å². The molecule has 2 aromatic heterocycles. The van der Waals surface area contributed by atoms with E-state index in [0.717, 1.165) is 6.26 Å². The third-order valence-electron chi connectivity index (χ3n) is 5.65. The lowest BCUT2D eigenvalue weighted by Gasteiger charge is -2.17. The molecule has 1 fully saturated rings. The molecule has 1 N–H and O–H groups in total. The first-order valence-electron chi connectivity index (χ1n) is 10.9. The molecular weight excluding hydrogens is 468 g/mol. The van der Waals surface area contributed by atoms with Gasteiger partial charge in [-0.1, -0.05) is 24.3 Å². The number of para-hydroxylation sites is 1. The van der Waals surface area contributed by atoms with Crippen molar-refractivity contribution in [3.63, 3.8) is 0 Å². The molecule has 1 atom stereocenters. The molecule has 1 aliphatic heterocycles. The summed E-state index contributed by atoms with van der Waals surface area (Å²) in [7, 11) is -3.65. The number of hydrogen-bond acceptors (Lipinski definition) is 6. The minimum Gasteiger partial charge on any atom is -0.457 e. The van der Waals surface area contributed by atoms with E-state index in [1.165, 1.54) is 4.40 Å². The van der Waals surface area contributed by atoms with Gasteiger partial charge in [-0.3, -0.25) is 14.0 Å². The van der Waals surface area contributed by atoms with E-state index in [-0.39, 0.29) is 29.7 Å². The van der Waals surface area contributed by atoms with Crippen molar-refractivity contribution in [2.75, 3.05) is 17.7 Å². The fourth-order valence-electron chi connectivity index (χ4n) is 4.06. The summed E-state index contributed by atoms with van der Waals surface area (Å²) in [6, 6.07) is 21.1. The number of pyridine rings is 1. The van der Waals surface area contributed by atoms with Crippen LogP contribution >= 0.6 is 0 Å². The van der Waals surface area contributed by atoms with E-state index in [0.29, 0.717) is 22.7 Å². The molecule has 2 aromatic carbocycles. The summed E-state index contributed by atoms with van der Waals surface area (Å²) in [4.78, 5) is 31.4. The molecule has 1 unspecified atom stereocenters. The van der Waals surface area contributed by atoms with Crippen molar-refractivity contribution in [1.29, 1.82) is 0 Å². The Balaban J connectivity index is 1.30. The Morgan fingerprint density at radius 1 is 1.00 bits per heavy atom. The number of nitrogens with one attached hydrogen (secondary N) is 1. The fraction of sp³-hybridized carbons (Fsp3) is 0.160. The Bertz CT molecular complexity index is 1510. The summed E-state index contributed by atoms with van der Waals surface area (Å²) >= 11 is 0. The molecule has 2 amide bonds. The number of carbonyl (C=O) groups is 2. The van der Waals surface area contributed by atoms with Crippen LogP contribution in [0.2, 0.25) is 0 Å². The topological polar surface area (TPSA) is 110 Å². The van der Waals surface area contributed by atoms with Gasteiger partial charge in [0.2, 0.25) is 20.9 Å². The van der Waals surface area contributed by atoms with Gasteiger partial charge in [0.05, 0.1) is 11.6 Å². The number of carbonyl (C=O) groups excluding carboxylic acids is 2. The van der Waals surface area contributed by atoms with E-state index in [2.05, 4.69) is 10.3 Å². The van der Waals surface area contributed by atoms with Crippen LogP contribution < -0.4 is 15.0 Å². The average molecular weight is 491 g/mol. The Labute approximate surface area is 201 Å². The van der Waals surface area contributed by atoms with Gasteiger partial charge in [-0.25, -0.2) is 13.4 Å². The molecule has 0 aliphatic carbocycles. The summed E-state index contributed by atoms with van der Waals surface area (Å²) in [6.07, 6.45) is 2.71. The second-order valence-electron chi connectivity index (χ2n) is 8.26. The normalized spacial score (nSPS) is 16.0. The molecule has 10 heteroatoms. The number of hydrogen-bond donors (Lipinski definition) is 1. The standard InChI is InChI=1S/C25H22N4O5S/c1-35(32,33)25-27-23(21-9-5-6-14-28(21)25)24(31)26-17-15-22(30)29(16-17)18-10-12-20(13-11-18)34-19-7-3-2-4-8-19/h2-14,17H,15-16H2,1H3,(H,26,31). The van der Waals surface area contributed by atoms with Gasteiger partial charge in [0.15, 0.2) is 5.69 Å². The smallest absolute Gasteiger partial charge is 0.272 e. The predicted octanol–water partition coefficient (Wildman–Crippen LogP) is 3.07. The highest BCUT2D eigenvalue weighted by Crippen LogP contribution is 2.27. The molecule has 4 aromatic rings. The number of rotatable bonds is 6. The van der Waals surface area contributed by atoms with Crippen molar-refractivity contribution in [3.05, 3.63) is 84.7 Å². The third kappa shape index (κ3) is 4.60. The van der Waals surface area contributed by atoms with Gasteiger partial charge in [0.1, 0.15) is 11.5 Å². The van der Waals surface area contributed by atoms with Crippen LogP contribution in [-0.2, 0) is 14.6 Å². The van der Waals surface area contributed by atoms with E-state index in [1.54, 1.807) is 53.6 Å². The number of imidazole rings is 1. The van der Waals surface area contributed by atoms with Crippen molar-refractivity contribution in [3.8, 4) is 11.5 Å². The molecule has 9 nitrogen and oxygen atoms in total. The zero-order valence-electron chi connectivity index (χ0n) is 18.8. The molecule has 0 radical (unpaired) electrons. The third-order valence-corrected chi connectivity index (χ3v) is 6.60. The van der Waals surface area contributed by atoms with Crippen LogP contribution in [-0.4, -0.2) is 48.5 Å². The van der Waals surface area contributed by atoms with Crippen LogP contribution in [0, 0.1) is 0 Å². The quantitative estimate of drug-likeness (QED) is 0.445. The van der Waals surface area contributed by atoms with E-state index in [9.17, 15) is 18.0 Å². The van der Waals surface area contributed by atoms with Crippen LogP contribution in [0.1, 0.15) is 16.9 Å². The van der Waals surface area contributed by atoms with Crippen molar-refractivity contribution in [1.82, 2.24) is 14.7 Å². The number of fused-ring (bicyclic) bond motifs is 1. The average Bonchev–Trinajstić information content (AvgIpc) is 3.41. The van der Waals surface area contributed by atoms with Crippen LogP contribution in [0.5, 0.6) is 11.5 Å². The van der Waals surface area contributed by atoms with Gasteiger partial charge in [0, 0.05) is 31.1 Å². The summed E-state index contributed by atoms with van der Waals surface area (Å²) in [5.74, 6) is 0.698. The largest absolute Gasteiger partial charge is 0.457 e. The molecular formula is C25H22N4O5S. The number of nitrogens with zero attached hydrogens (tertiary/aromatic N) is 3. The number of amides is 2. The number of sulfone groups is 1. The minimum atomic E-state index is -3.65. The second-order valence-corrected chi connectivity index (χ2v) is 10.2. The number of anilines is 1. The zero-order chi connectivity index (χ0) is 24.6. The van der Waals surface area contributed by atoms with Crippen LogP contribution in [0.15, 0.2) is 84.1 Å². The zero-order valence-corrected chi connectivity index (χ0v) is 19.6. The molecule has 0 saturated carbocycles. The van der Waals surface area contributed by atoms with Crippen molar-refractivity contribution >= 4 is 32.9 Å².